The van der Waals surface area contributed by atoms with Gasteiger partial charge in [-0.25, -0.2) is 4.98 Å². The van der Waals surface area contributed by atoms with Gasteiger partial charge in [-0.3, -0.25) is 4.79 Å². The molecule has 1 atom stereocenters. The molecular formula is C11H20N4O. The molecule has 1 aromatic rings. The number of hydrogen-bond donors (Lipinski definition) is 2. The molecule has 0 radical (unpaired) electrons. The molecule has 0 fully saturated rings. The predicted octanol–water partition coefficient (Wildman–Crippen LogP) is 1.14. The van der Waals surface area contributed by atoms with Crippen LogP contribution >= 0.6 is 0 Å². The second kappa shape index (κ2) is 4.55. The molecule has 0 saturated heterocycles. The third-order valence-electron chi connectivity index (χ3n) is 2.06. The quantitative estimate of drug-likeness (QED) is 0.809. The molecule has 5 nitrogen and oxygen atoms in total. The normalized spacial score (nSPS) is 13.3. The first kappa shape index (κ1) is 12.5. The van der Waals surface area contributed by atoms with E-state index < -0.39 is 0 Å². The molecule has 0 aliphatic carbocycles. The number of nitrogens with one attached hydrogen (secondary N) is 2. The van der Waals surface area contributed by atoms with Gasteiger partial charge in [-0.15, -0.1) is 0 Å². The molecule has 0 bridgehead atoms. The lowest BCUT2D eigenvalue weighted by atomic mass is 10.1. The molecule has 0 aliphatic rings. The zero-order valence-electron chi connectivity index (χ0n) is 10.5. The Labute approximate surface area is 96.3 Å². The van der Waals surface area contributed by atoms with Crippen LogP contribution in [-0.4, -0.2) is 27.0 Å². The van der Waals surface area contributed by atoms with Crippen LogP contribution in [-0.2, 0) is 11.8 Å². The van der Waals surface area contributed by atoms with Crippen molar-refractivity contribution in [3.8, 4) is 0 Å². The van der Waals surface area contributed by atoms with Crippen LogP contribution in [0.2, 0.25) is 0 Å². The highest BCUT2D eigenvalue weighted by Crippen LogP contribution is 2.05. The summed E-state index contributed by atoms with van der Waals surface area (Å²) in [5, 5.41) is 5.96. The lowest BCUT2D eigenvalue weighted by Gasteiger charge is -2.23. The Bertz CT molecular complexity index is 364. The van der Waals surface area contributed by atoms with E-state index >= 15 is 0 Å². The zero-order chi connectivity index (χ0) is 12.3. The van der Waals surface area contributed by atoms with E-state index in [1.54, 1.807) is 6.20 Å². The van der Waals surface area contributed by atoms with Crippen LogP contribution < -0.4 is 10.6 Å². The van der Waals surface area contributed by atoms with Gasteiger partial charge < -0.3 is 15.2 Å². The first-order valence-corrected chi connectivity index (χ1v) is 5.35. The molecule has 0 aliphatic heterocycles. The van der Waals surface area contributed by atoms with Gasteiger partial charge in [0.25, 0.3) is 0 Å². The van der Waals surface area contributed by atoms with Crippen molar-refractivity contribution in [2.45, 2.75) is 39.3 Å². The molecule has 1 amide bonds. The van der Waals surface area contributed by atoms with Gasteiger partial charge in [-0.2, -0.15) is 0 Å². The second-order valence-corrected chi connectivity index (χ2v) is 4.97. The van der Waals surface area contributed by atoms with Gasteiger partial charge in [0.05, 0.1) is 0 Å². The molecule has 0 aromatic carbocycles. The van der Waals surface area contributed by atoms with Gasteiger partial charge in [0.1, 0.15) is 6.04 Å². The van der Waals surface area contributed by atoms with Crippen molar-refractivity contribution in [1.29, 1.82) is 0 Å². The average Bonchev–Trinajstić information content (AvgIpc) is 2.49. The molecule has 0 saturated carbocycles. The first-order valence-electron chi connectivity index (χ1n) is 5.35. The molecule has 5 heteroatoms. The van der Waals surface area contributed by atoms with Crippen LogP contribution in [0.3, 0.4) is 0 Å². The summed E-state index contributed by atoms with van der Waals surface area (Å²) in [6.45, 7) is 7.69. The van der Waals surface area contributed by atoms with Gasteiger partial charge in [0.2, 0.25) is 11.9 Å². The van der Waals surface area contributed by atoms with Crippen LogP contribution in [0.5, 0.6) is 0 Å². The summed E-state index contributed by atoms with van der Waals surface area (Å²) in [4.78, 5) is 15.9. The van der Waals surface area contributed by atoms with Crippen LogP contribution in [0.4, 0.5) is 5.95 Å². The molecule has 16 heavy (non-hydrogen) atoms. The molecule has 1 heterocycles. The van der Waals surface area contributed by atoms with Gasteiger partial charge in [-0.05, 0) is 27.7 Å². The fourth-order valence-corrected chi connectivity index (χ4v) is 1.24. The topological polar surface area (TPSA) is 59.0 Å². The Hall–Kier alpha value is -1.52. The number of rotatable bonds is 3. The van der Waals surface area contributed by atoms with E-state index in [2.05, 4.69) is 15.6 Å². The summed E-state index contributed by atoms with van der Waals surface area (Å²) in [6.07, 6.45) is 3.52. The molecule has 0 spiro atoms. The third kappa shape index (κ3) is 3.56. The Morgan fingerprint density at radius 3 is 2.56 bits per heavy atom. The highest BCUT2D eigenvalue weighted by molar-refractivity contribution is 5.84. The molecule has 1 unspecified atom stereocenters. The number of aryl methyl sites for hydroxylation is 1. The van der Waals surface area contributed by atoms with E-state index in [1.807, 2.05) is 45.5 Å². The maximum Gasteiger partial charge on any atom is 0.242 e. The average molecular weight is 224 g/mol. The summed E-state index contributed by atoms with van der Waals surface area (Å²) >= 11 is 0. The molecule has 2 N–H and O–H groups in total. The second-order valence-electron chi connectivity index (χ2n) is 4.97. The van der Waals surface area contributed by atoms with E-state index in [9.17, 15) is 4.79 Å². The number of aromatic nitrogens is 2. The standard InChI is InChI=1S/C11H20N4O/c1-8(9(16)14-11(2,3)4)13-10-12-6-7-15(10)5/h6-8H,1-5H3,(H,12,13)(H,14,16). The summed E-state index contributed by atoms with van der Waals surface area (Å²) in [6, 6.07) is -0.305. The Balaban J connectivity index is 2.56. The summed E-state index contributed by atoms with van der Waals surface area (Å²) in [5.41, 5.74) is -0.214. The fraction of sp³-hybridized carbons (Fsp3) is 0.636. The monoisotopic (exact) mass is 224 g/mol. The highest BCUT2D eigenvalue weighted by atomic mass is 16.2. The zero-order valence-corrected chi connectivity index (χ0v) is 10.5. The Morgan fingerprint density at radius 2 is 2.12 bits per heavy atom. The van der Waals surface area contributed by atoms with Crippen LogP contribution in [0.1, 0.15) is 27.7 Å². The van der Waals surface area contributed by atoms with Crippen molar-refractivity contribution in [2.75, 3.05) is 5.32 Å². The van der Waals surface area contributed by atoms with E-state index in [1.165, 1.54) is 0 Å². The summed E-state index contributed by atoms with van der Waals surface area (Å²) in [7, 11) is 1.88. The SMILES string of the molecule is CC(Nc1nccn1C)C(=O)NC(C)(C)C. The number of carbonyl (C=O) groups is 1. The van der Waals surface area contributed by atoms with E-state index in [0.29, 0.717) is 5.95 Å². The summed E-state index contributed by atoms with van der Waals surface area (Å²) in [5.74, 6) is 0.659. The number of hydrogen-bond acceptors (Lipinski definition) is 3. The first-order chi connectivity index (χ1) is 7.29. The molecule has 1 rings (SSSR count). The smallest absolute Gasteiger partial charge is 0.242 e. The van der Waals surface area contributed by atoms with Gasteiger partial charge in [-0.1, -0.05) is 0 Å². The number of imidazole rings is 1. The van der Waals surface area contributed by atoms with Crippen molar-refractivity contribution >= 4 is 11.9 Å². The minimum atomic E-state index is -0.305. The van der Waals surface area contributed by atoms with Crippen molar-refractivity contribution in [1.82, 2.24) is 14.9 Å². The van der Waals surface area contributed by atoms with Crippen molar-refractivity contribution in [2.24, 2.45) is 7.05 Å². The van der Waals surface area contributed by atoms with Crippen molar-refractivity contribution in [3.63, 3.8) is 0 Å². The summed E-state index contributed by atoms with van der Waals surface area (Å²) < 4.78 is 1.83. The minimum absolute atomic E-state index is 0.0319. The Kier molecular flexibility index (Phi) is 3.57. The van der Waals surface area contributed by atoms with Crippen LogP contribution in [0.15, 0.2) is 12.4 Å². The van der Waals surface area contributed by atoms with E-state index in [-0.39, 0.29) is 17.5 Å². The maximum absolute atomic E-state index is 11.8. The molecule has 90 valence electrons. The van der Waals surface area contributed by atoms with Crippen molar-refractivity contribution in [3.05, 3.63) is 12.4 Å². The lowest BCUT2D eigenvalue weighted by Crippen LogP contribution is -2.47. The van der Waals surface area contributed by atoms with Crippen LogP contribution in [0, 0.1) is 0 Å². The van der Waals surface area contributed by atoms with Crippen molar-refractivity contribution < 1.29 is 4.79 Å². The van der Waals surface area contributed by atoms with E-state index in [0.717, 1.165) is 0 Å². The largest absolute Gasteiger partial charge is 0.350 e. The minimum Gasteiger partial charge on any atom is -0.350 e. The molecule has 1 aromatic heterocycles. The Morgan fingerprint density at radius 1 is 1.50 bits per heavy atom. The van der Waals surface area contributed by atoms with Crippen LogP contribution in [0.25, 0.3) is 0 Å². The number of nitrogens with zero attached hydrogens (tertiary/aromatic N) is 2. The fourth-order valence-electron chi connectivity index (χ4n) is 1.24. The van der Waals surface area contributed by atoms with Gasteiger partial charge in [0.15, 0.2) is 0 Å². The number of anilines is 1. The van der Waals surface area contributed by atoms with E-state index in [4.69, 9.17) is 0 Å². The van der Waals surface area contributed by atoms with Gasteiger partial charge in [0, 0.05) is 25.0 Å². The predicted molar refractivity (Wildman–Crippen MR) is 64.2 cm³/mol. The number of amides is 1. The highest BCUT2D eigenvalue weighted by Gasteiger charge is 2.19. The number of carbonyl (C=O) groups excluding carboxylic acids is 1. The third-order valence-corrected chi connectivity index (χ3v) is 2.06. The lowest BCUT2D eigenvalue weighted by molar-refractivity contribution is -0.122. The van der Waals surface area contributed by atoms with Gasteiger partial charge >= 0.3 is 0 Å². The maximum atomic E-state index is 11.8. The molecular weight excluding hydrogens is 204 g/mol.